The van der Waals surface area contributed by atoms with E-state index in [2.05, 4.69) is 9.82 Å². The minimum atomic E-state index is -4.00. The van der Waals surface area contributed by atoms with Crippen molar-refractivity contribution in [2.45, 2.75) is 32.7 Å². The number of carbonyl (C=O) groups is 1. The van der Waals surface area contributed by atoms with Gasteiger partial charge in [-0.1, -0.05) is 13.8 Å². The molecule has 9 nitrogen and oxygen atoms in total. The van der Waals surface area contributed by atoms with Crippen LogP contribution in [0.15, 0.2) is 36.7 Å². The quantitative estimate of drug-likeness (QED) is 0.503. The van der Waals surface area contributed by atoms with Crippen LogP contribution in [0, 0.1) is 11.6 Å². The first-order valence-corrected chi connectivity index (χ1v) is 12.7. The normalized spacial score (nSPS) is 16.3. The number of halogens is 2. The maximum Gasteiger partial charge on any atom is 0.304 e. The second-order valence-electron chi connectivity index (χ2n) is 8.16. The maximum absolute atomic E-state index is 14.4. The maximum atomic E-state index is 14.4. The lowest BCUT2D eigenvalue weighted by Gasteiger charge is -2.28. The van der Waals surface area contributed by atoms with Crippen LogP contribution in [-0.2, 0) is 10.2 Å². The number of fused-ring (bicyclic) bond motifs is 1. The largest absolute Gasteiger partial charge is 0.493 e. The van der Waals surface area contributed by atoms with Crippen LogP contribution in [-0.4, -0.2) is 55.0 Å². The van der Waals surface area contributed by atoms with Crippen LogP contribution in [0.2, 0.25) is 0 Å². The molecule has 1 fully saturated rings. The first-order chi connectivity index (χ1) is 16.7. The average Bonchev–Trinajstić information content (AvgIpc) is 3.45. The van der Waals surface area contributed by atoms with Gasteiger partial charge in [-0.2, -0.15) is 17.8 Å². The van der Waals surface area contributed by atoms with E-state index in [-0.39, 0.29) is 30.4 Å². The SMILES string of the molecule is CCN(CC)S(=O)(=O)NC(=O)c1cnn2ccc(N3CCC[C@@H]3c3cc(F)cc(F)c3OC)cc12. The molecule has 0 aliphatic carbocycles. The Bertz CT molecular complexity index is 1360. The zero-order chi connectivity index (χ0) is 25.3. The number of ether oxygens (including phenoxy) is 1. The topological polar surface area (TPSA) is 96.2 Å². The molecule has 1 amide bonds. The summed E-state index contributed by atoms with van der Waals surface area (Å²) in [7, 11) is -2.66. The Morgan fingerprint density at radius 2 is 2.00 bits per heavy atom. The van der Waals surface area contributed by atoms with E-state index in [1.807, 2.05) is 4.90 Å². The predicted octanol–water partition coefficient (Wildman–Crippen LogP) is 3.28. The molecule has 1 saturated heterocycles. The van der Waals surface area contributed by atoms with Gasteiger partial charge in [-0.15, -0.1) is 0 Å². The van der Waals surface area contributed by atoms with Gasteiger partial charge < -0.3 is 9.64 Å². The minimum Gasteiger partial charge on any atom is -0.493 e. The molecule has 1 aromatic carbocycles. The van der Waals surface area contributed by atoms with E-state index < -0.39 is 27.8 Å². The van der Waals surface area contributed by atoms with E-state index >= 15 is 0 Å². The van der Waals surface area contributed by atoms with Gasteiger partial charge in [0.2, 0.25) is 0 Å². The molecule has 35 heavy (non-hydrogen) atoms. The van der Waals surface area contributed by atoms with Crippen LogP contribution in [0.25, 0.3) is 5.52 Å². The third-order valence-electron chi connectivity index (χ3n) is 6.20. The summed E-state index contributed by atoms with van der Waals surface area (Å²) in [5, 5.41) is 4.16. The highest BCUT2D eigenvalue weighted by Gasteiger charge is 2.31. The minimum absolute atomic E-state index is 0.00425. The molecule has 1 aliphatic heterocycles. The van der Waals surface area contributed by atoms with Crippen molar-refractivity contribution in [2.75, 3.05) is 31.6 Å². The number of aromatic nitrogens is 2. The van der Waals surface area contributed by atoms with Gasteiger partial charge in [-0.3, -0.25) is 4.79 Å². The molecule has 12 heteroatoms. The molecule has 0 unspecified atom stereocenters. The number of methoxy groups -OCH3 is 1. The second kappa shape index (κ2) is 9.78. The summed E-state index contributed by atoms with van der Waals surface area (Å²) in [6.07, 6.45) is 4.39. The van der Waals surface area contributed by atoms with Crippen LogP contribution in [0.3, 0.4) is 0 Å². The molecular formula is C23H27F2N5O4S. The summed E-state index contributed by atoms with van der Waals surface area (Å²) in [5.74, 6) is -2.26. The van der Waals surface area contributed by atoms with E-state index in [0.717, 1.165) is 16.8 Å². The van der Waals surface area contributed by atoms with Crippen LogP contribution < -0.4 is 14.4 Å². The van der Waals surface area contributed by atoms with Gasteiger partial charge in [0.25, 0.3) is 5.91 Å². The summed E-state index contributed by atoms with van der Waals surface area (Å²) in [5.41, 5.74) is 1.59. The van der Waals surface area contributed by atoms with Crippen molar-refractivity contribution < 1.29 is 26.7 Å². The van der Waals surface area contributed by atoms with Gasteiger partial charge in [0.15, 0.2) is 11.6 Å². The van der Waals surface area contributed by atoms with Gasteiger partial charge in [0.05, 0.1) is 30.4 Å². The van der Waals surface area contributed by atoms with Gasteiger partial charge >= 0.3 is 10.2 Å². The Kier molecular flexibility index (Phi) is 6.95. The van der Waals surface area contributed by atoms with Crippen molar-refractivity contribution >= 4 is 27.3 Å². The number of rotatable bonds is 8. The number of hydrogen-bond acceptors (Lipinski definition) is 6. The molecule has 2 aromatic heterocycles. The number of nitrogens with one attached hydrogen (secondary N) is 1. The highest BCUT2D eigenvalue weighted by molar-refractivity contribution is 7.87. The van der Waals surface area contributed by atoms with Gasteiger partial charge in [0.1, 0.15) is 5.82 Å². The fraction of sp³-hybridized carbons (Fsp3) is 0.391. The highest BCUT2D eigenvalue weighted by atomic mass is 32.2. The molecule has 0 bridgehead atoms. The molecule has 0 spiro atoms. The van der Waals surface area contributed by atoms with Crippen molar-refractivity contribution in [3.8, 4) is 5.75 Å². The number of amides is 1. The van der Waals surface area contributed by atoms with Crippen molar-refractivity contribution in [3.63, 3.8) is 0 Å². The summed E-state index contributed by atoms with van der Waals surface area (Å²) < 4.78 is 63.4. The number of carbonyl (C=O) groups excluding carboxylic acids is 1. The monoisotopic (exact) mass is 507 g/mol. The second-order valence-corrected chi connectivity index (χ2v) is 9.83. The molecular weight excluding hydrogens is 480 g/mol. The molecule has 188 valence electrons. The predicted molar refractivity (Wildman–Crippen MR) is 127 cm³/mol. The van der Waals surface area contributed by atoms with Crippen LogP contribution in [0.4, 0.5) is 14.5 Å². The first kappa shape index (κ1) is 24.9. The third kappa shape index (κ3) is 4.67. The summed E-state index contributed by atoms with van der Waals surface area (Å²) in [6, 6.07) is 5.22. The molecule has 3 aromatic rings. The third-order valence-corrected chi connectivity index (χ3v) is 7.84. The zero-order valence-electron chi connectivity index (χ0n) is 19.7. The van der Waals surface area contributed by atoms with Crippen LogP contribution in [0.5, 0.6) is 5.75 Å². The van der Waals surface area contributed by atoms with Crippen LogP contribution in [0.1, 0.15) is 48.7 Å². The Hall–Kier alpha value is -3.25. The van der Waals surface area contributed by atoms with E-state index in [1.54, 1.807) is 32.2 Å². The Morgan fingerprint density at radius 1 is 1.26 bits per heavy atom. The summed E-state index contributed by atoms with van der Waals surface area (Å²) >= 11 is 0. The highest BCUT2D eigenvalue weighted by Crippen LogP contribution is 2.41. The summed E-state index contributed by atoms with van der Waals surface area (Å²) in [4.78, 5) is 14.8. The molecule has 0 radical (unpaired) electrons. The number of anilines is 1. The molecule has 3 heterocycles. The lowest BCUT2D eigenvalue weighted by molar-refractivity contribution is 0.0980. The zero-order valence-corrected chi connectivity index (χ0v) is 20.5. The van der Waals surface area contributed by atoms with Crippen LogP contribution >= 0.6 is 0 Å². The molecule has 1 N–H and O–H groups in total. The average molecular weight is 508 g/mol. The van der Waals surface area contributed by atoms with Gasteiger partial charge in [-0.05, 0) is 31.0 Å². The van der Waals surface area contributed by atoms with Gasteiger partial charge in [-0.25, -0.2) is 18.0 Å². The Morgan fingerprint density at radius 3 is 2.69 bits per heavy atom. The Balaban J connectivity index is 1.69. The fourth-order valence-corrected chi connectivity index (χ4v) is 5.72. The lowest BCUT2D eigenvalue weighted by Crippen LogP contribution is -2.43. The molecule has 1 aliphatic rings. The summed E-state index contributed by atoms with van der Waals surface area (Å²) in [6.45, 7) is 4.42. The van der Waals surface area contributed by atoms with E-state index in [1.165, 1.54) is 23.9 Å². The number of nitrogens with zero attached hydrogens (tertiary/aromatic N) is 4. The number of benzene rings is 1. The van der Waals surface area contributed by atoms with E-state index in [4.69, 9.17) is 4.74 Å². The fourth-order valence-electron chi connectivity index (χ4n) is 4.57. The lowest BCUT2D eigenvalue weighted by atomic mass is 10.0. The molecule has 4 rings (SSSR count). The molecule has 1 atom stereocenters. The first-order valence-electron chi connectivity index (χ1n) is 11.3. The van der Waals surface area contributed by atoms with Crippen molar-refractivity contribution in [1.82, 2.24) is 18.6 Å². The van der Waals surface area contributed by atoms with E-state index in [0.29, 0.717) is 29.7 Å². The Labute approximate surface area is 202 Å². The van der Waals surface area contributed by atoms with E-state index in [9.17, 15) is 22.0 Å². The number of hydrogen-bond donors (Lipinski definition) is 1. The number of pyridine rings is 1. The van der Waals surface area contributed by atoms with Crippen molar-refractivity contribution in [3.05, 3.63) is 59.4 Å². The van der Waals surface area contributed by atoms with Crippen molar-refractivity contribution in [1.29, 1.82) is 0 Å². The van der Waals surface area contributed by atoms with Crippen molar-refractivity contribution in [2.24, 2.45) is 0 Å². The smallest absolute Gasteiger partial charge is 0.304 e. The molecule has 0 saturated carbocycles. The standard InChI is InChI=1S/C23H27F2N5O4S/c1-4-28(5-2)35(32,33)27-23(31)18-14-26-30-10-8-16(13-21(18)30)29-9-6-7-20(29)17-11-15(24)12-19(25)22(17)34-3/h8,10-14,20H,4-7,9H2,1-3H3,(H,27,31)/t20-/m1/s1. The van der Waals surface area contributed by atoms with Gasteiger partial charge in [0, 0.05) is 43.1 Å².